The van der Waals surface area contributed by atoms with Crippen LogP contribution in [-0.4, -0.2) is 28.6 Å². The number of carbonyl (C=O) groups excluding carboxylic acids is 1. The number of fused-ring (bicyclic) bond motifs is 1. The van der Waals surface area contributed by atoms with Crippen LogP contribution >= 0.6 is 0 Å². The Labute approximate surface area is 218 Å². The number of carbonyl (C=O) groups is 1. The minimum atomic E-state index is -0.344. The third-order valence-electron chi connectivity index (χ3n) is 6.32. The SMILES string of the molecule is C=CCc1ccccc1OCCCn1c(CCCCCNC(=O)c2ccc(F)cc2)nc2ccccc21. The Morgan fingerprint density at radius 1 is 0.973 bits per heavy atom. The lowest BCUT2D eigenvalue weighted by Crippen LogP contribution is -2.24. The molecule has 4 rings (SSSR count). The summed E-state index contributed by atoms with van der Waals surface area (Å²) in [6.45, 7) is 5.90. The van der Waals surface area contributed by atoms with E-state index >= 15 is 0 Å². The van der Waals surface area contributed by atoms with Crippen LogP contribution in [0.2, 0.25) is 0 Å². The third-order valence-corrected chi connectivity index (χ3v) is 6.32. The van der Waals surface area contributed by atoms with Gasteiger partial charge < -0.3 is 14.6 Å². The van der Waals surface area contributed by atoms with Gasteiger partial charge >= 0.3 is 0 Å². The molecule has 37 heavy (non-hydrogen) atoms. The molecule has 4 aromatic rings. The molecule has 192 valence electrons. The number of halogens is 1. The highest BCUT2D eigenvalue weighted by Crippen LogP contribution is 2.21. The fourth-order valence-electron chi connectivity index (χ4n) is 4.43. The largest absolute Gasteiger partial charge is 0.493 e. The number of nitrogens with one attached hydrogen (secondary N) is 1. The van der Waals surface area contributed by atoms with Gasteiger partial charge in [-0.25, -0.2) is 9.37 Å². The second-order valence-electron chi connectivity index (χ2n) is 9.04. The summed E-state index contributed by atoms with van der Waals surface area (Å²) in [5.74, 6) is 1.49. The van der Waals surface area contributed by atoms with E-state index in [-0.39, 0.29) is 11.7 Å². The third kappa shape index (κ3) is 7.29. The number of hydrogen-bond donors (Lipinski definition) is 1. The molecule has 0 atom stereocenters. The van der Waals surface area contributed by atoms with Crippen molar-refractivity contribution in [3.05, 3.63) is 108 Å². The number of unbranched alkanes of at least 4 members (excludes halogenated alkanes) is 2. The van der Waals surface area contributed by atoms with Gasteiger partial charge in [-0.3, -0.25) is 4.79 Å². The van der Waals surface area contributed by atoms with Gasteiger partial charge in [0.05, 0.1) is 17.6 Å². The average molecular weight is 500 g/mol. The number of rotatable bonds is 14. The summed E-state index contributed by atoms with van der Waals surface area (Å²) in [4.78, 5) is 17.1. The van der Waals surface area contributed by atoms with Gasteiger partial charge in [0.15, 0.2) is 0 Å². The number of aromatic nitrogens is 2. The Morgan fingerprint density at radius 2 is 1.76 bits per heavy atom. The van der Waals surface area contributed by atoms with E-state index < -0.39 is 0 Å². The zero-order valence-electron chi connectivity index (χ0n) is 21.2. The van der Waals surface area contributed by atoms with E-state index in [1.54, 1.807) is 0 Å². The van der Waals surface area contributed by atoms with E-state index in [0.29, 0.717) is 18.7 Å². The maximum Gasteiger partial charge on any atom is 0.251 e. The van der Waals surface area contributed by atoms with Crippen LogP contribution in [0, 0.1) is 5.82 Å². The minimum absolute atomic E-state index is 0.170. The van der Waals surface area contributed by atoms with Crippen molar-refractivity contribution in [1.82, 2.24) is 14.9 Å². The maximum absolute atomic E-state index is 13.0. The smallest absolute Gasteiger partial charge is 0.251 e. The number of para-hydroxylation sites is 3. The van der Waals surface area contributed by atoms with Gasteiger partial charge in [0.1, 0.15) is 17.4 Å². The molecule has 0 saturated carbocycles. The molecule has 0 saturated heterocycles. The summed E-state index contributed by atoms with van der Waals surface area (Å²) in [5, 5.41) is 2.91. The highest BCUT2D eigenvalue weighted by molar-refractivity contribution is 5.94. The lowest BCUT2D eigenvalue weighted by molar-refractivity contribution is 0.0953. The Balaban J connectivity index is 1.25. The molecule has 1 heterocycles. The number of aryl methyl sites for hydroxylation is 2. The van der Waals surface area contributed by atoms with Crippen LogP contribution < -0.4 is 10.1 Å². The molecule has 0 bridgehead atoms. The molecular formula is C31H34FN3O2. The van der Waals surface area contributed by atoms with Gasteiger partial charge in [-0.15, -0.1) is 6.58 Å². The van der Waals surface area contributed by atoms with Gasteiger partial charge in [-0.2, -0.15) is 0 Å². The van der Waals surface area contributed by atoms with Gasteiger partial charge in [0, 0.05) is 25.1 Å². The van der Waals surface area contributed by atoms with Crippen molar-refractivity contribution in [3.8, 4) is 5.75 Å². The lowest BCUT2D eigenvalue weighted by atomic mass is 10.1. The molecule has 1 N–H and O–H groups in total. The van der Waals surface area contributed by atoms with Crippen molar-refractivity contribution < 1.29 is 13.9 Å². The second kappa shape index (κ2) is 13.4. The number of imidazole rings is 1. The van der Waals surface area contributed by atoms with E-state index in [9.17, 15) is 9.18 Å². The number of nitrogens with zero attached hydrogens (tertiary/aromatic N) is 2. The summed E-state index contributed by atoms with van der Waals surface area (Å²) in [6.07, 6.45) is 7.30. The highest BCUT2D eigenvalue weighted by atomic mass is 19.1. The molecule has 0 radical (unpaired) electrons. The molecule has 1 amide bonds. The summed E-state index contributed by atoms with van der Waals surface area (Å²) in [7, 11) is 0. The Hall–Kier alpha value is -3.93. The number of ether oxygens (including phenoxy) is 1. The summed E-state index contributed by atoms with van der Waals surface area (Å²) < 4.78 is 21.4. The monoisotopic (exact) mass is 499 g/mol. The van der Waals surface area contributed by atoms with Crippen LogP contribution in [0.1, 0.15) is 47.4 Å². The number of allylic oxidation sites excluding steroid dienone is 1. The molecule has 0 aliphatic rings. The van der Waals surface area contributed by atoms with Gasteiger partial charge in [-0.05, 0) is 73.7 Å². The molecule has 1 aromatic heterocycles. The van der Waals surface area contributed by atoms with Crippen LogP contribution in [0.15, 0.2) is 85.5 Å². The van der Waals surface area contributed by atoms with Crippen molar-refractivity contribution in [1.29, 1.82) is 0 Å². The zero-order valence-corrected chi connectivity index (χ0v) is 21.2. The predicted molar refractivity (Wildman–Crippen MR) is 146 cm³/mol. The van der Waals surface area contributed by atoms with E-state index in [4.69, 9.17) is 9.72 Å². The van der Waals surface area contributed by atoms with E-state index in [1.807, 2.05) is 30.3 Å². The fraction of sp³-hybridized carbons (Fsp3) is 0.290. The van der Waals surface area contributed by atoms with Crippen LogP contribution in [0.3, 0.4) is 0 Å². The normalized spacial score (nSPS) is 10.9. The molecular weight excluding hydrogens is 465 g/mol. The standard InChI is InChI=1S/C31H34FN3O2/c1-2-11-24-12-5-8-15-29(24)37-23-10-22-35-28-14-7-6-13-27(28)34-30(35)16-4-3-9-21-33-31(36)25-17-19-26(32)20-18-25/h2,5-8,12-15,17-20H,1,3-4,9-11,16,21-23H2,(H,33,36). The average Bonchev–Trinajstić information content (AvgIpc) is 3.27. The number of benzene rings is 3. The van der Waals surface area contributed by atoms with Crippen LogP contribution in [0.5, 0.6) is 5.75 Å². The van der Waals surface area contributed by atoms with Gasteiger partial charge in [0.2, 0.25) is 0 Å². The first-order valence-corrected chi connectivity index (χ1v) is 12.9. The van der Waals surface area contributed by atoms with Crippen LogP contribution in [0.25, 0.3) is 11.0 Å². The van der Waals surface area contributed by atoms with Crippen LogP contribution in [-0.2, 0) is 19.4 Å². The zero-order chi connectivity index (χ0) is 25.9. The molecule has 0 unspecified atom stereocenters. The van der Waals surface area contributed by atoms with Crippen molar-refractivity contribution in [3.63, 3.8) is 0 Å². The molecule has 0 spiro atoms. The topological polar surface area (TPSA) is 56.1 Å². The van der Waals surface area contributed by atoms with Crippen molar-refractivity contribution in [2.24, 2.45) is 0 Å². The van der Waals surface area contributed by atoms with E-state index in [2.05, 4.69) is 40.7 Å². The summed E-state index contributed by atoms with van der Waals surface area (Å²) >= 11 is 0. The number of hydrogen-bond acceptors (Lipinski definition) is 3. The van der Waals surface area contributed by atoms with E-state index in [1.165, 1.54) is 24.3 Å². The van der Waals surface area contributed by atoms with E-state index in [0.717, 1.165) is 73.2 Å². The molecule has 3 aromatic carbocycles. The van der Waals surface area contributed by atoms with Gasteiger partial charge in [-0.1, -0.05) is 42.8 Å². The number of amides is 1. The molecule has 0 fully saturated rings. The molecule has 0 aliphatic carbocycles. The van der Waals surface area contributed by atoms with Crippen molar-refractivity contribution in [2.75, 3.05) is 13.2 Å². The van der Waals surface area contributed by atoms with Crippen molar-refractivity contribution >= 4 is 16.9 Å². The molecule has 5 nitrogen and oxygen atoms in total. The first kappa shape index (κ1) is 26.1. The quantitative estimate of drug-likeness (QED) is 0.159. The maximum atomic E-state index is 13.0. The Bertz CT molecular complexity index is 1310. The minimum Gasteiger partial charge on any atom is -0.493 e. The molecule has 6 heteroatoms. The summed E-state index contributed by atoms with van der Waals surface area (Å²) in [5.41, 5.74) is 3.79. The Morgan fingerprint density at radius 3 is 2.59 bits per heavy atom. The lowest BCUT2D eigenvalue weighted by Gasteiger charge is -2.12. The first-order valence-electron chi connectivity index (χ1n) is 12.9. The van der Waals surface area contributed by atoms with Crippen molar-refractivity contribution in [2.45, 2.75) is 45.1 Å². The Kier molecular flexibility index (Phi) is 9.47. The summed E-state index contributed by atoms with van der Waals surface area (Å²) in [6, 6.07) is 22.0. The predicted octanol–water partition coefficient (Wildman–Crippen LogP) is 6.52. The highest BCUT2D eigenvalue weighted by Gasteiger charge is 2.11. The molecule has 0 aliphatic heterocycles. The van der Waals surface area contributed by atoms with Crippen LogP contribution in [0.4, 0.5) is 4.39 Å². The van der Waals surface area contributed by atoms with Gasteiger partial charge in [0.25, 0.3) is 5.91 Å². The fourth-order valence-corrected chi connectivity index (χ4v) is 4.43. The second-order valence-corrected chi connectivity index (χ2v) is 9.04. The first-order chi connectivity index (χ1) is 18.2.